The Morgan fingerprint density at radius 3 is 3.12 bits per heavy atom. The van der Waals surface area contributed by atoms with Crippen molar-refractivity contribution in [3.8, 4) is 0 Å². The molecule has 2 rings (SSSR count). The van der Waals surface area contributed by atoms with Gasteiger partial charge in [-0.3, -0.25) is 0 Å². The van der Waals surface area contributed by atoms with Crippen LogP contribution in [0.5, 0.6) is 0 Å². The third kappa shape index (κ3) is 2.70. The van der Waals surface area contributed by atoms with E-state index in [-0.39, 0.29) is 0 Å². The molecular formula is C12H13N3O2. The first-order valence-electron chi connectivity index (χ1n) is 5.23. The minimum Gasteiger partial charge on any atom is -0.478 e. The number of hydrogen-bond donors (Lipinski definition) is 3. The first-order chi connectivity index (χ1) is 8.19. The number of fused-ring (bicyclic) bond motifs is 1. The summed E-state index contributed by atoms with van der Waals surface area (Å²) >= 11 is 0. The summed E-state index contributed by atoms with van der Waals surface area (Å²) in [6.45, 7) is 0.676. The first-order valence-corrected chi connectivity index (χ1v) is 5.23. The number of aromatic nitrogens is 2. The summed E-state index contributed by atoms with van der Waals surface area (Å²) in [5.74, 6) is -0.0903. The van der Waals surface area contributed by atoms with Gasteiger partial charge in [0, 0.05) is 6.08 Å². The van der Waals surface area contributed by atoms with Gasteiger partial charge in [-0.1, -0.05) is 6.07 Å². The lowest BCUT2D eigenvalue weighted by molar-refractivity contribution is -0.131. The average Bonchev–Trinajstić information content (AvgIpc) is 2.68. The number of aromatic amines is 1. The lowest BCUT2D eigenvalue weighted by atomic mass is 10.2. The van der Waals surface area contributed by atoms with E-state index in [2.05, 4.69) is 15.3 Å². The van der Waals surface area contributed by atoms with Crippen molar-refractivity contribution in [1.29, 1.82) is 0 Å². The molecule has 0 saturated heterocycles. The molecule has 0 aliphatic carbocycles. The molecule has 1 aromatic heterocycles. The second-order valence-corrected chi connectivity index (χ2v) is 3.66. The fraction of sp³-hybridized carbons (Fsp3) is 0.167. The van der Waals surface area contributed by atoms with Crippen LogP contribution in [0.25, 0.3) is 17.1 Å². The van der Waals surface area contributed by atoms with E-state index in [4.69, 9.17) is 5.11 Å². The fourth-order valence-corrected chi connectivity index (χ4v) is 1.60. The minimum atomic E-state index is -0.953. The Morgan fingerprint density at radius 1 is 1.59 bits per heavy atom. The largest absolute Gasteiger partial charge is 0.478 e. The number of imidazole rings is 1. The molecular weight excluding hydrogens is 218 g/mol. The zero-order valence-corrected chi connectivity index (χ0v) is 9.40. The molecule has 5 heteroatoms. The highest BCUT2D eigenvalue weighted by Gasteiger charge is 2.01. The average molecular weight is 231 g/mol. The summed E-state index contributed by atoms with van der Waals surface area (Å²) in [7, 11) is 1.86. The number of H-pyrrole nitrogens is 1. The molecule has 0 bridgehead atoms. The van der Waals surface area contributed by atoms with Gasteiger partial charge in [0.15, 0.2) is 0 Å². The van der Waals surface area contributed by atoms with E-state index in [1.165, 1.54) is 0 Å². The molecule has 2 aromatic rings. The van der Waals surface area contributed by atoms with Crippen molar-refractivity contribution in [1.82, 2.24) is 15.3 Å². The summed E-state index contributed by atoms with van der Waals surface area (Å²) in [5.41, 5.74) is 2.62. The van der Waals surface area contributed by atoms with Crippen LogP contribution in [-0.4, -0.2) is 28.1 Å². The summed E-state index contributed by atoms with van der Waals surface area (Å²) in [5, 5.41) is 11.6. The topological polar surface area (TPSA) is 78.0 Å². The van der Waals surface area contributed by atoms with Crippen molar-refractivity contribution in [3.05, 3.63) is 35.7 Å². The van der Waals surface area contributed by atoms with Gasteiger partial charge >= 0.3 is 5.97 Å². The number of rotatable bonds is 4. The second-order valence-electron chi connectivity index (χ2n) is 3.66. The highest BCUT2D eigenvalue weighted by Crippen LogP contribution is 2.14. The van der Waals surface area contributed by atoms with Crippen LogP contribution < -0.4 is 5.32 Å². The van der Waals surface area contributed by atoms with Gasteiger partial charge in [-0.2, -0.15) is 0 Å². The molecule has 0 atom stereocenters. The van der Waals surface area contributed by atoms with E-state index in [1.807, 2.05) is 25.2 Å². The Bertz CT molecular complexity index is 572. The number of carboxylic acid groups (broad SMARTS) is 1. The van der Waals surface area contributed by atoms with E-state index >= 15 is 0 Å². The van der Waals surface area contributed by atoms with Crippen LogP contribution in [0, 0.1) is 0 Å². The number of benzene rings is 1. The molecule has 1 aromatic carbocycles. The van der Waals surface area contributed by atoms with Crippen LogP contribution in [0.3, 0.4) is 0 Å². The molecule has 3 N–H and O–H groups in total. The van der Waals surface area contributed by atoms with Crippen molar-refractivity contribution in [3.63, 3.8) is 0 Å². The molecule has 0 fully saturated rings. The predicted octanol–water partition coefficient (Wildman–Crippen LogP) is 1.38. The minimum absolute atomic E-state index is 0.676. The van der Waals surface area contributed by atoms with E-state index < -0.39 is 5.97 Å². The molecule has 0 unspecified atom stereocenters. The third-order valence-corrected chi connectivity index (χ3v) is 2.32. The molecule has 0 aliphatic rings. The summed E-state index contributed by atoms with van der Waals surface area (Å²) in [6.07, 6.45) is 2.67. The summed E-state index contributed by atoms with van der Waals surface area (Å²) in [4.78, 5) is 18.0. The summed E-state index contributed by atoms with van der Waals surface area (Å²) < 4.78 is 0. The van der Waals surface area contributed by atoms with Gasteiger partial charge in [0.05, 0.1) is 17.6 Å². The highest BCUT2D eigenvalue weighted by molar-refractivity contribution is 5.86. The maximum Gasteiger partial charge on any atom is 0.328 e. The van der Waals surface area contributed by atoms with Crippen LogP contribution in [0.4, 0.5) is 0 Å². The molecule has 88 valence electrons. The number of carbonyl (C=O) groups is 1. The van der Waals surface area contributed by atoms with Gasteiger partial charge in [-0.05, 0) is 30.8 Å². The van der Waals surface area contributed by atoms with Gasteiger partial charge in [-0.25, -0.2) is 9.78 Å². The zero-order valence-electron chi connectivity index (χ0n) is 9.40. The second kappa shape index (κ2) is 4.80. The van der Waals surface area contributed by atoms with Gasteiger partial charge < -0.3 is 15.4 Å². The number of nitrogens with one attached hydrogen (secondary N) is 2. The van der Waals surface area contributed by atoms with Crippen LogP contribution in [0.2, 0.25) is 0 Å². The maximum atomic E-state index is 10.4. The van der Waals surface area contributed by atoms with Crippen molar-refractivity contribution in [2.24, 2.45) is 0 Å². The Hall–Kier alpha value is -2.14. The Morgan fingerprint density at radius 2 is 2.41 bits per heavy atom. The van der Waals surface area contributed by atoms with E-state index in [9.17, 15) is 4.79 Å². The molecule has 1 heterocycles. The highest BCUT2D eigenvalue weighted by atomic mass is 16.4. The van der Waals surface area contributed by atoms with Gasteiger partial charge in [-0.15, -0.1) is 0 Å². The van der Waals surface area contributed by atoms with Gasteiger partial charge in [0.1, 0.15) is 5.82 Å². The van der Waals surface area contributed by atoms with Crippen molar-refractivity contribution in [2.75, 3.05) is 7.05 Å². The molecule has 0 spiro atoms. The fourth-order valence-electron chi connectivity index (χ4n) is 1.60. The Balaban J connectivity index is 2.33. The van der Waals surface area contributed by atoms with Crippen molar-refractivity contribution >= 4 is 23.1 Å². The van der Waals surface area contributed by atoms with Crippen LogP contribution in [-0.2, 0) is 11.3 Å². The quantitative estimate of drug-likeness (QED) is 0.695. The zero-order chi connectivity index (χ0) is 12.3. The van der Waals surface area contributed by atoms with Crippen LogP contribution in [0.15, 0.2) is 24.3 Å². The lowest BCUT2D eigenvalue weighted by Crippen LogP contribution is -2.06. The number of nitrogens with zero attached hydrogens (tertiary/aromatic N) is 1. The lowest BCUT2D eigenvalue weighted by Gasteiger charge is -1.92. The van der Waals surface area contributed by atoms with Crippen molar-refractivity contribution < 1.29 is 9.90 Å². The molecule has 5 nitrogen and oxygen atoms in total. The van der Waals surface area contributed by atoms with E-state index in [1.54, 1.807) is 6.08 Å². The SMILES string of the molecule is CNCc1nc2ccc(/C=C/C(=O)O)cc2[nH]1. The summed E-state index contributed by atoms with van der Waals surface area (Å²) in [6, 6.07) is 5.58. The monoisotopic (exact) mass is 231 g/mol. The predicted molar refractivity (Wildman–Crippen MR) is 65.5 cm³/mol. The molecule has 0 radical (unpaired) electrons. The van der Waals surface area contributed by atoms with Crippen LogP contribution in [0.1, 0.15) is 11.4 Å². The standard InChI is InChI=1S/C12H13N3O2/c1-13-7-11-14-9-4-2-8(3-5-12(16)17)6-10(9)15-11/h2-6,13H,7H2,1H3,(H,14,15)(H,16,17)/b5-3+. The van der Waals surface area contributed by atoms with Crippen molar-refractivity contribution in [2.45, 2.75) is 6.54 Å². The molecule has 0 amide bonds. The van der Waals surface area contributed by atoms with Gasteiger partial charge in [0.2, 0.25) is 0 Å². The normalized spacial score (nSPS) is 11.4. The van der Waals surface area contributed by atoms with Crippen LogP contribution >= 0.6 is 0 Å². The van der Waals surface area contributed by atoms with E-state index in [0.29, 0.717) is 6.54 Å². The van der Waals surface area contributed by atoms with Gasteiger partial charge in [0.25, 0.3) is 0 Å². The molecule has 0 saturated carbocycles. The Kier molecular flexibility index (Phi) is 3.20. The van der Waals surface area contributed by atoms with E-state index in [0.717, 1.165) is 28.5 Å². The molecule has 0 aliphatic heterocycles. The number of aliphatic carboxylic acids is 1. The number of carboxylic acids is 1. The first kappa shape index (κ1) is 11.3. The maximum absolute atomic E-state index is 10.4. The third-order valence-electron chi connectivity index (χ3n) is 2.32. The number of hydrogen-bond acceptors (Lipinski definition) is 3. The smallest absolute Gasteiger partial charge is 0.328 e. The Labute approximate surface area is 98.2 Å². The molecule has 17 heavy (non-hydrogen) atoms.